The number of nitrogens with zero attached hydrogens (tertiary/aromatic N) is 2. The average molecular weight is 249 g/mol. The highest BCUT2D eigenvalue weighted by molar-refractivity contribution is 7.89. The Morgan fingerprint density at radius 3 is 2.62 bits per heavy atom. The molecule has 1 rings (SSSR count). The monoisotopic (exact) mass is 249 g/mol. The van der Waals surface area contributed by atoms with Gasteiger partial charge in [-0.15, -0.1) is 0 Å². The molecule has 16 heavy (non-hydrogen) atoms. The van der Waals surface area contributed by atoms with Crippen molar-refractivity contribution in [2.45, 2.75) is 19.9 Å². The van der Waals surface area contributed by atoms with E-state index in [1.54, 1.807) is 4.31 Å². The minimum absolute atomic E-state index is 0.206. The third-order valence-electron chi connectivity index (χ3n) is 3.10. The van der Waals surface area contributed by atoms with Gasteiger partial charge in [0.1, 0.15) is 0 Å². The summed E-state index contributed by atoms with van der Waals surface area (Å²) in [6, 6.07) is 0.308. The number of likely N-dealkylation sites (N-methyl/N-ethyl adjacent to an activating group) is 1. The normalized spacial score (nSPS) is 24.8. The number of rotatable bonds is 5. The Kier molecular flexibility index (Phi) is 5.17. The lowest BCUT2D eigenvalue weighted by molar-refractivity contribution is 0.159. The molecular formula is C10H23N3O2S. The van der Waals surface area contributed by atoms with Gasteiger partial charge in [0.25, 0.3) is 0 Å². The van der Waals surface area contributed by atoms with Gasteiger partial charge in [0.05, 0.1) is 5.75 Å². The molecular weight excluding hydrogens is 226 g/mol. The molecule has 5 nitrogen and oxygen atoms in total. The lowest BCUT2D eigenvalue weighted by atomic mass is 10.2. The van der Waals surface area contributed by atoms with Crippen LogP contribution < -0.4 is 5.32 Å². The van der Waals surface area contributed by atoms with Crippen LogP contribution in [0, 0.1) is 0 Å². The van der Waals surface area contributed by atoms with Crippen LogP contribution in [0.25, 0.3) is 0 Å². The molecule has 0 saturated carbocycles. The van der Waals surface area contributed by atoms with Crippen LogP contribution in [-0.2, 0) is 10.0 Å². The van der Waals surface area contributed by atoms with Crippen molar-refractivity contribution >= 4 is 10.0 Å². The summed E-state index contributed by atoms with van der Waals surface area (Å²) in [7, 11) is -1.03. The average Bonchev–Trinajstić information content (AvgIpc) is 2.22. The molecule has 1 atom stereocenters. The molecule has 0 aromatic carbocycles. The van der Waals surface area contributed by atoms with E-state index in [4.69, 9.17) is 0 Å². The molecule has 1 saturated heterocycles. The van der Waals surface area contributed by atoms with E-state index < -0.39 is 10.0 Å². The van der Waals surface area contributed by atoms with E-state index in [9.17, 15) is 8.42 Å². The quantitative estimate of drug-likeness (QED) is 0.671. The first-order valence-electron chi connectivity index (χ1n) is 5.86. The smallest absolute Gasteiger partial charge is 0.215 e. The summed E-state index contributed by atoms with van der Waals surface area (Å²) in [5.41, 5.74) is 0. The molecule has 1 aliphatic rings. The Morgan fingerprint density at radius 1 is 1.38 bits per heavy atom. The molecule has 0 aromatic heterocycles. The van der Waals surface area contributed by atoms with E-state index in [1.165, 1.54) is 0 Å². The standard InChI is InChI=1S/C10H23N3O2S/c1-4-11-5-8-16(14,15)13-7-6-12(3)10(2)9-13/h10-11H,4-9H2,1-3H3. The second-order valence-electron chi connectivity index (χ2n) is 4.36. The summed E-state index contributed by atoms with van der Waals surface area (Å²) in [5, 5.41) is 3.05. The molecule has 1 fully saturated rings. The highest BCUT2D eigenvalue weighted by Gasteiger charge is 2.28. The van der Waals surface area contributed by atoms with E-state index in [0.29, 0.717) is 25.7 Å². The third-order valence-corrected chi connectivity index (χ3v) is 4.94. The van der Waals surface area contributed by atoms with Gasteiger partial charge in [0, 0.05) is 32.2 Å². The van der Waals surface area contributed by atoms with Gasteiger partial charge in [-0.3, -0.25) is 0 Å². The van der Waals surface area contributed by atoms with Crippen molar-refractivity contribution in [1.82, 2.24) is 14.5 Å². The van der Waals surface area contributed by atoms with Gasteiger partial charge in [0.15, 0.2) is 0 Å². The maximum atomic E-state index is 12.0. The van der Waals surface area contributed by atoms with E-state index in [2.05, 4.69) is 17.1 Å². The second kappa shape index (κ2) is 5.95. The van der Waals surface area contributed by atoms with Gasteiger partial charge in [-0.1, -0.05) is 6.92 Å². The number of sulfonamides is 1. The van der Waals surface area contributed by atoms with Crippen molar-refractivity contribution in [3.63, 3.8) is 0 Å². The predicted molar refractivity (Wildman–Crippen MR) is 66.0 cm³/mol. The van der Waals surface area contributed by atoms with Gasteiger partial charge >= 0.3 is 0 Å². The van der Waals surface area contributed by atoms with Crippen LogP contribution in [-0.4, -0.2) is 69.2 Å². The first-order valence-corrected chi connectivity index (χ1v) is 7.47. The fraction of sp³-hybridized carbons (Fsp3) is 1.00. The molecule has 1 aliphatic heterocycles. The topological polar surface area (TPSA) is 52.7 Å². The zero-order chi connectivity index (χ0) is 12.2. The summed E-state index contributed by atoms with van der Waals surface area (Å²) in [6.45, 7) is 7.45. The van der Waals surface area contributed by atoms with Crippen LogP contribution in [0.15, 0.2) is 0 Å². The van der Waals surface area contributed by atoms with E-state index >= 15 is 0 Å². The summed E-state index contributed by atoms with van der Waals surface area (Å²) in [5.74, 6) is 0.206. The largest absolute Gasteiger partial charge is 0.316 e. The first-order chi connectivity index (χ1) is 7.47. The lowest BCUT2D eigenvalue weighted by Crippen LogP contribution is -2.52. The van der Waals surface area contributed by atoms with Crippen LogP contribution in [0.1, 0.15) is 13.8 Å². The summed E-state index contributed by atoms with van der Waals surface area (Å²) in [6.07, 6.45) is 0. The van der Waals surface area contributed by atoms with Gasteiger partial charge in [0.2, 0.25) is 10.0 Å². The molecule has 1 unspecified atom stereocenters. The molecule has 0 spiro atoms. The van der Waals surface area contributed by atoms with Crippen LogP contribution >= 0.6 is 0 Å². The zero-order valence-electron chi connectivity index (χ0n) is 10.4. The molecule has 6 heteroatoms. The molecule has 1 heterocycles. The Morgan fingerprint density at radius 2 is 2.06 bits per heavy atom. The number of piperazine rings is 1. The Bertz CT molecular complexity index is 305. The summed E-state index contributed by atoms with van der Waals surface area (Å²) < 4.78 is 25.6. The lowest BCUT2D eigenvalue weighted by Gasteiger charge is -2.36. The van der Waals surface area contributed by atoms with Crippen molar-refractivity contribution in [1.29, 1.82) is 0 Å². The third kappa shape index (κ3) is 3.69. The van der Waals surface area contributed by atoms with Gasteiger partial charge < -0.3 is 10.2 Å². The van der Waals surface area contributed by atoms with Gasteiger partial charge in [-0.25, -0.2) is 8.42 Å². The highest BCUT2D eigenvalue weighted by atomic mass is 32.2. The van der Waals surface area contributed by atoms with Crippen molar-refractivity contribution in [2.24, 2.45) is 0 Å². The molecule has 1 N–H and O–H groups in total. The van der Waals surface area contributed by atoms with Gasteiger partial charge in [-0.05, 0) is 20.5 Å². The van der Waals surface area contributed by atoms with Crippen LogP contribution in [0.2, 0.25) is 0 Å². The molecule has 96 valence electrons. The molecule has 0 bridgehead atoms. The Hall–Kier alpha value is -0.170. The fourth-order valence-corrected chi connectivity index (χ4v) is 3.24. The molecule has 0 aromatic rings. The Labute approximate surface area is 98.8 Å². The van der Waals surface area contributed by atoms with Crippen molar-refractivity contribution in [3.8, 4) is 0 Å². The van der Waals surface area contributed by atoms with Crippen LogP contribution in [0.3, 0.4) is 0 Å². The maximum Gasteiger partial charge on any atom is 0.215 e. The summed E-state index contributed by atoms with van der Waals surface area (Å²) >= 11 is 0. The van der Waals surface area contributed by atoms with E-state index in [1.807, 2.05) is 14.0 Å². The minimum Gasteiger partial charge on any atom is -0.316 e. The number of hydrogen-bond acceptors (Lipinski definition) is 4. The maximum absolute atomic E-state index is 12.0. The zero-order valence-corrected chi connectivity index (χ0v) is 11.3. The molecule has 0 aliphatic carbocycles. The number of hydrogen-bond donors (Lipinski definition) is 1. The van der Waals surface area contributed by atoms with Crippen molar-refractivity contribution in [2.75, 3.05) is 45.5 Å². The molecule has 0 radical (unpaired) electrons. The van der Waals surface area contributed by atoms with Crippen LogP contribution in [0.4, 0.5) is 0 Å². The second-order valence-corrected chi connectivity index (χ2v) is 6.45. The molecule has 0 amide bonds. The highest BCUT2D eigenvalue weighted by Crippen LogP contribution is 2.11. The van der Waals surface area contributed by atoms with E-state index in [0.717, 1.165) is 13.1 Å². The predicted octanol–water partition coefficient (Wildman–Crippen LogP) is -0.438. The van der Waals surface area contributed by atoms with Gasteiger partial charge in [-0.2, -0.15) is 4.31 Å². The SMILES string of the molecule is CCNCCS(=O)(=O)N1CCN(C)C(C)C1. The van der Waals surface area contributed by atoms with E-state index in [-0.39, 0.29) is 5.75 Å². The first kappa shape index (κ1) is 13.9. The van der Waals surface area contributed by atoms with Crippen molar-refractivity contribution in [3.05, 3.63) is 0 Å². The van der Waals surface area contributed by atoms with Crippen molar-refractivity contribution < 1.29 is 8.42 Å². The minimum atomic E-state index is -3.07. The Balaban J connectivity index is 2.49. The number of nitrogens with one attached hydrogen (secondary N) is 1. The summed E-state index contributed by atoms with van der Waals surface area (Å²) in [4.78, 5) is 2.19. The van der Waals surface area contributed by atoms with Crippen LogP contribution in [0.5, 0.6) is 0 Å². The fourth-order valence-electron chi connectivity index (χ4n) is 1.77.